The van der Waals surface area contributed by atoms with Crippen molar-refractivity contribution in [3.8, 4) is 0 Å². The molecule has 0 radical (unpaired) electrons. The summed E-state index contributed by atoms with van der Waals surface area (Å²) in [6, 6.07) is 2.17. The Balaban J connectivity index is 2.08. The summed E-state index contributed by atoms with van der Waals surface area (Å²) < 4.78 is 32.2. The second kappa shape index (κ2) is 7.19. The molecule has 1 N–H and O–H groups in total. The van der Waals surface area contributed by atoms with Gasteiger partial charge in [-0.05, 0) is 18.9 Å². The van der Waals surface area contributed by atoms with E-state index >= 15 is 0 Å². The third-order valence-electron chi connectivity index (χ3n) is 3.63. The van der Waals surface area contributed by atoms with Crippen LogP contribution in [-0.2, 0) is 21.3 Å². The van der Waals surface area contributed by atoms with Gasteiger partial charge in [0.2, 0.25) is 10.0 Å². The summed E-state index contributed by atoms with van der Waals surface area (Å²) in [5, 5.41) is 5.04. The number of methoxy groups -OCH3 is 1. The molecule has 2 rings (SSSR count). The van der Waals surface area contributed by atoms with Gasteiger partial charge in [-0.3, -0.25) is 0 Å². The molecule has 1 unspecified atom stereocenters. The number of rotatable bonds is 6. The molecule has 1 aliphatic rings. The minimum absolute atomic E-state index is 0.00855. The molecule has 1 aromatic heterocycles. The van der Waals surface area contributed by atoms with Gasteiger partial charge in [0.05, 0.1) is 11.0 Å². The van der Waals surface area contributed by atoms with E-state index in [9.17, 15) is 8.42 Å². The summed E-state index contributed by atoms with van der Waals surface area (Å²) >= 11 is 1.49. The zero-order valence-corrected chi connectivity index (χ0v) is 14.5. The molecule has 1 aromatic rings. The fourth-order valence-electron chi connectivity index (χ4n) is 2.36. The predicted molar refractivity (Wildman–Crippen MR) is 85.1 cm³/mol. The lowest BCUT2D eigenvalue weighted by molar-refractivity contribution is 0.0572. The first kappa shape index (κ1) is 16.9. The van der Waals surface area contributed by atoms with Gasteiger partial charge in [0.25, 0.3) is 0 Å². The van der Waals surface area contributed by atoms with Gasteiger partial charge in [-0.25, -0.2) is 8.42 Å². The maximum Gasteiger partial charge on any atom is 0.243 e. The van der Waals surface area contributed by atoms with Gasteiger partial charge in [-0.15, -0.1) is 11.3 Å². The molecule has 0 aromatic carbocycles. The smallest absolute Gasteiger partial charge is 0.243 e. The van der Waals surface area contributed by atoms with E-state index in [1.165, 1.54) is 11.3 Å². The zero-order valence-electron chi connectivity index (χ0n) is 12.8. The molecular weight excluding hydrogens is 308 g/mol. The molecule has 0 aliphatic carbocycles. The van der Waals surface area contributed by atoms with Gasteiger partial charge in [-0.2, -0.15) is 4.31 Å². The first-order valence-corrected chi connectivity index (χ1v) is 9.59. The van der Waals surface area contributed by atoms with E-state index in [0.717, 1.165) is 17.7 Å². The highest BCUT2D eigenvalue weighted by Crippen LogP contribution is 2.25. The van der Waals surface area contributed by atoms with E-state index in [1.54, 1.807) is 22.9 Å². The quantitative estimate of drug-likeness (QED) is 0.866. The van der Waals surface area contributed by atoms with Crippen molar-refractivity contribution < 1.29 is 13.2 Å². The summed E-state index contributed by atoms with van der Waals surface area (Å²) in [4.78, 5) is 1.45. The normalized spacial score (nSPS) is 21.0. The fourth-order valence-corrected chi connectivity index (χ4v) is 5.08. The Morgan fingerprint density at radius 3 is 2.95 bits per heavy atom. The minimum Gasteiger partial charge on any atom is -0.380 e. The van der Waals surface area contributed by atoms with Crippen LogP contribution in [0.1, 0.15) is 31.6 Å². The molecular formula is C14H24N2O3S2. The topological polar surface area (TPSA) is 58.6 Å². The predicted octanol–water partition coefficient (Wildman–Crippen LogP) is 2.05. The monoisotopic (exact) mass is 332 g/mol. The summed E-state index contributed by atoms with van der Waals surface area (Å²) in [7, 11) is -1.75. The fraction of sp³-hybridized carbons (Fsp3) is 0.714. The Kier molecular flexibility index (Phi) is 5.79. The molecule has 21 heavy (non-hydrogen) atoms. The Bertz CT molecular complexity index is 554. The molecule has 7 heteroatoms. The molecule has 5 nitrogen and oxygen atoms in total. The molecule has 1 saturated heterocycles. The molecule has 0 amide bonds. The van der Waals surface area contributed by atoms with Gasteiger partial charge in [0, 0.05) is 43.0 Å². The molecule has 2 heterocycles. The van der Waals surface area contributed by atoms with E-state index < -0.39 is 10.0 Å². The number of hydrogen-bond acceptors (Lipinski definition) is 5. The second-order valence-electron chi connectivity index (χ2n) is 5.65. The van der Waals surface area contributed by atoms with Crippen LogP contribution >= 0.6 is 11.3 Å². The Labute approximate surface area is 131 Å². The number of nitrogens with zero attached hydrogens (tertiary/aromatic N) is 1. The molecule has 1 fully saturated rings. The lowest BCUT2D eigenvalue weighted by atomic mass is 10.1. The molecule has 1 atom stereocenters. The van der Waals surface area contributed by atoms with Crippen molar-refractivity contribution in [2.45, 2.75) is 50.3 Å². The van der Waals surface area contributed by atoms with Crippen molar-refractivity contribution in [1.29, 1.82) is 0 Å². The first-order valence-electron chi connectivity index (χ1n) is 7.27. The van der Waals surface area contributed by atoms with Gasteiger partial charge >= 0.3 is 0 Å². The number of thiophene rings is 1. The van der Waals surface area contributed by atoms with Crippen LogP contribution in [0.4, 0.5) is 0 Å². The number of nitrogens with one attached hydrogen (secondary N) is 1. The zero-order chi connectivity index (χ0) is 15.5. The van der Waals surface area contributed by atoms with E-state index in [4.69, 9.17) is 4.74 Å². The van der Waals surface area contributed by atoms with Crippen LogP contribution in [-0.4, -0.2) is 45.1 Å². The van der Waals surface area contributed by atoms with Crippen LogP contribution in [0.25, 0.3) is 0 Å². The number of hydrogen-bond donors (Lipinski definition) is 1. The van der Waals surface area contributed by atoms with Crippen LogP contribution < -0.4 is 5.32 Å². The van der Waals surface area contributed by atoms with Crippen molar-refractivity contribution in [2.24, 2.45) is 0 Å². The van der Waals surface area contributed by atoms with Crippen LogP contribution in [0.3, 0.4) is 0 Å². The lowest BCUT2D eigenvalue weighted by Gasteiger charge is -2.30. The van der Waals surface area contributed by atoms with E-state index in [0.29, 0.717) is 30.6 Å². The maximum absolute atomic E-state index is 12.7. The van der Waals surface area contributed by atoms with Gasteiger partial charge < -0.3 is 10.1 Å². The molecule has 0 saturated carbocycles. The molecule has 1 aliphatic heterocycles. The summed E-state index contributed by atoms with van der Waals surface area (Å²) in [5.41, 5.74) is 0. The van der Waals surface area contributed by atoms with Crippen LogP contribution in [0.5, 0.6) is 0 Å². The third-order valence-corrected chi connectivity index (χ3v) is 6.56. The summed E-state index contributed by atoms with van der Waals surface area (Å²) in [6.07, 6.45) is 1.79. The number of ether oxygens (including phenoxy) is 1. The van der Waals surface area contributed by atoms with Crippen LogP contribution in [0, 0.1) is 0 Å². The van der Waals surface area contributed by atoms with Gasteiger partial charge in [0.15, 0.2) is 0 Å². The summed E-state index contributed by atoms with van der Waals surface area (Å²) in [6.45, 7) is 5.89. The Morgan fingerprint density at radius 1 is 1.52 bits per heavy atom. The lowest BCUT2D eigenvalue weighted by Crippen LogP contribution is -2.42. The maximum atomic E-state index is 12.7. The SMILES string of the molecule is COC1CCCN(S(=O)(=O)c2csc(CNC(C)C)c2)C1. The number of sulfonamides is 1. The number of piperidine rings is 1. The van der Waals surface area contributed by atoms with E-state index in [1.807, 2.05) is 0 Å². The average Bonchev–Trinajstić information content (AvgIpc) is 2.95. The van der Waals surface area contributed by atoms with E-state index in [-0.39, 0.29) is 6.10 Å². The largest absolute Gasteiger partial charge is 0.380 e. The van der Waals surface area contributed by atoms with Crippen molar-refractivity contribution >= 4 is 21.4 Å². The van der Waals surface area contributed by atoms with Crippen molar-refractivity contribution in [3.05, 3.63) is 16.3 Å². The van der Waals surface area contributed by atoms with Crippen molar-refractivity contribution in [3.63, 3.8) is 0 Å². The first-order chi connectivity index (χ1) is 9.93. The van der Waals surface area contributed by atoms with Crippen molar-refractivity contribution in [1.82, 2.24) is 9.62 Å². The highest BCUT2D eigenvalue weighted by molar-refractivity contribution is 7.89. The Hall–Kier alpha value is -0.470. The highest BCUT2D eigenvalue weighted by atomic mass is 32.2. The average molecular weight is 332 g/mol. The molecule has 0 bridgehead atoms. The molecule has 120 valence electrons. The van der Waals surface area contributed by atoms with Crippen LogP contribution in [0.15, 0.2) is 16.3 Å². The van der Waals surface area contributed by atoms with Crippen LogP contribution in [0.2, 0.25) is 0 Å². The standard InChI is InChI=1S/C14H24N2O3S2/c1-11(2)15-8-13-7-14(10-20-13)21(17,18)16-6-4-5-12(9-16)19-3/h7,10-12,15H,4-6,8-9H2,1-3H3. The molecule has 0 spiro atoms. The van der Waals surface area contributed by atoms with Gasteiger partial charge in [0.1, 0.15) is 0 Å². The van der Waals surface area contributed by atoms with E-state index in [2.05, 4.69) is 19.2 Å². The third kappa shape index (κ3) is 4.26. The Morgan fingerprint density at radius 2 is 2.29 bits per heavy atom. The summed E-state index contributed by atoms with van der Waals surface area (Å²) in [5.74, 6) is 0. The highest BCUT2D eigenvalue weighted by Gasteiger charge is 2.30. The second-order valence-corrected chi connectivity index (χ2v) is 8.58. The van der Waals surface area contributed by atoms with Crippen molar-refractivity contribution in [2.75, 3.05) is 20.2 Å². The van der Waals surface area contributed by atoms with Gasteiger partial charge in [-0.1, -0.05) is 13.8 Å². The minimum atomic E-state index is -3.39.